The Morgan fingerprint density at radius 2 is 2.00 bits per heavy atom. The molecule has 11 heteroatoms. The molecule has 33 heavy (non-hydrogen) atoms. The first-order chi connectivity index (χ1) is 15.5. The third kappa shape index (κ3) is 5.51. The number of nitrogens with zero attached hydrogens (tertiary/aromatic N) is 5. The zero-order valence-corrected chi connectivity index (χ0v) is 18.9. The summed E-state index contributed by atoms with van der Waals surface area (Å²) in [6, 6.07) is 10.3. The van der Waals surface area contributed by atoms with Gasteiger partial charge in [-0.25, -0.2) is 0 Å². The maximum atomic E-state index is 13.3. The van der Waals surface area contributed by atoms with E-state index in [0.717, 1.165) is 23.9 Å². The first-order valence-corrected chi connectivity index (χ1v) is 10.9. The van der Waals surface area contributed by atoms with Crippen LogP contribution in [0, 0.1) is 17.2 Å². The molecule has 0 saturated carbocycles. The Morgan fingerprint density at radius 1 is 1.24 bits per heavy atom. The quantitative estimate of drug-likeness (QED) is 0.507. The first-order valence-electron chi connectivity index (χ1n) is 9.93. The highest BCUT2D eigenvalue weighted by atomic mass is 32.2. The van der Waals surface area contributed by atoms with Gasteiger partial charge in [0.1, 0.15) is 5.54 Å². The van der Waals surface area contributed by atoms with E-state index in [1.165, 1.54) is 22.9 Å². The molecule has 3 aromatic rings. The summed E-state index contributed by atoms with van der Waals surface area (Å²) in [5.41, 5.74) is -1.12. The third-order valence-corrected chi connectivity index (χ3v) is 6.03. The van der Waals surface area contributed by atoms with Crippen molar-refractivity contribution >= 4 is 17.7 Å². The van der Waals surface area contributed by atoms with Gasteiger partial charge in [0, 0.05) is 18.0 Å². The summed E-state index contributed by atoms with van der Waals surface area (Å²) in [5, 5.41) is 20.6. The number of nitriles is 1. The highest BCUT2D eigenvalue weighted by Crippen LogP contribution is 2.33. The molecule has 172 valence electrons. The first kappa shape index (κ1) is 24.3. The molecule has 0 bridgehead atoms. The van der Waals surface area contributed by atoms with Gasteiger partial charge >= 0.3 is 6.18 Å². The SMILES string of the molecule is CC(C)[C@](C)(C#N)NC(=O)CSc1nnc(-c2cccnc2)n1-c1cccc(C(F)(F)F)c1. The number of carbonyl (C=O) groups is 1. The second kappa shape index (κ2) is 9.62. The maximum Gasteiger partial charge on any atom is 0.416 e. The van der Waals surface area contributed by atoms with Gasteiger partial charge < -0.3 is 5.32 Å². The minimum Gasteiger partial charge on any atom is -0.337 e. The predicted molar refractivity (Wildman–Crippen MR) is 117 cm³/mol. The molecular formula is C22H21F3N6OS. The number of amides is 1. The van der Waals surface area contributed by atoms with E-state index in [1.54, 1.807) is 25.3 Å². The molecule has 0 saturated heterocycles. The molecule has 0 aliphatic rings. The molecule has 1 N–H and O–H groups in total. The van der Waals surface area contributed by atoms with Crippen molar-refractivity contribution in [3.8, 4) is 23.1 Å². The van der Waals surface area contributed by atoms with Crippen LogP contribution in [0.3, 0.4) is 0 Å². The van der Waals surface area contributed by atoms with Crippen molar-refractivity contribution in [2.75, 3.05) is 5.75 Å². The van der Waals surface area contributed by atoms with Gasteiger partial charge in [0.15, 0.2) is 11.0 Å². The fourth-order valence-electron chi connectivity index (χ4n) is 2.86. The number of alkyl halides is 3. The van der Waals surface area contributed by atoms with Crippen molar-refractivity contribution in [3.05, 3.63) is 54.4 Å². The van der Waals surface area contributed by atoms with E-state index in [-0.39, 0.29) is 28.3 Å². The molecule has 1 amide bonds. The Bertz CT molecular complexity index is 1170. The second-order valence-corrected chi connectivity index (χ2v) is 8.68. The fourth-order valence-corrected chi connectivity index (χ4v) is 3.61. The van der Waals surface area contributed by atoms with Crippen molar-refractivity contribution in [1.29, 1.82) is 5.26 Å². The van der Waals surface area contributed by atoms with Crippen LogP contribution < -0.4 is 5.32 Å². The number of thioether (sulfide) groups is 1. The van der Waals surface area contributed by atoms with E-state index in [2.05, 4.69) is 26.6 Å². The second-order valence-electron chi connectivity index (χ2n) is 7.74. The Hall–Kier alpha value is -3.39. The highest BCUT2D eigenvalue weighted by molar-refractivity contribution is 7.99. The molecule has 0 radical (unpaired) electrons. The zero-order chi connectivity index (χ0) is 24.2. The minimum absolute atomic E-state index is 0.103. The molecular weight excluding hydrogens is 453 g/mol. The van der Waals surface area contributed by atoms with Crippen LogP contribution >= 0.6 is 11.8 Å². The van der Waals surface area contributed by atoms with Gasteiger partial charge in [-0.3, -0.25) is 14.3 Å². The molecule has 0 unspecified atom stereocenters. The molecule has 0 fully saturated rings. The van der Waals surface area contributed by atoms with Gasteiger partial charge in [0.05, 0.1) is 23.1 Å². The fraction of sp³-hybridized carbons (Fsp3) is 0.318. The summed E-state index contributed by atoms with van der Waals surface area (Å²) in [6.07, 6.45) is -1.43. The smallest absolute Gasteiger partial charge is 0.337 e. The van der Waals surface area contributed by atoms with Crippen molar-refractivity contribution in [2.45, 2.75) is 37.6 Å². The van der Waals surface area contributed by atoms with Crippen molar-refractivity contribution in [2.24, 2.45) is 5.92 Å². The van der Waals surface area contributed by atoms with E-state index in [1.807, 2.05) is 13.8 Å². The highest BCUT2D eigenvalue weighted by Gasteiger charge is 2.32. The van der Waals surface area contributed by atoms with Crippen molar-refractivity contribution in [1.82, 2.24) is 25.1 Å². The van der Waals surface area contributed by atoms with E-state index in [0.29, 0.717) is 5.56 Å². The number of benzene rings is 1. The molecule has 2 heterocycles. The molecule has 2 aromatic heterocycles. The standard InChI is InChI=1S/C22H21F3N6OS/c1-14(2)21(3,13-26)28-18(32)12-33-20-30-29-19(15-6-5-9-27-11-15)31(20)17-8-4-7-16(10-17)22(23,24)25/h4-11,14H,12H2,1-3H3,(H,28,32)/t21-/m0/s1. The Kier molecular flexibility index (Phi) is 7.07. The van der Waals surface area contributed by atoms with E-state index >= 15 is 0 Å². The monoisotopic (exact) mass is 474 g/mol. The zero-order valence-electron chi connectivity index (χ0n) is 18.1. The number of halogens is 3. The predicted octanol–water partition coefficient (Wildman–Crippen LogP) is 4.49. The number of nitrogens with one attached hydrogen (secondary N) is 1. The summed E-state index contributed by atoms with van der Waals surface area (Å²) in [6.45, 7) is 5.27. The van der Waals surface area contributed by atoms with Crippen LogP contribution in [-0.2, 0) is 11.0 Å². The largest absolute Gasteiger partial charge is 0.416 e. The van der Waals surface area contributed by atoms with Gasteiger partial charge in [-0.1, -0.05) is 31.7 Å². The van der Waals surface area contributed by atoms with Crippen LogP contribution in [0.2, 0.25) is 0 Å². The van der Waals surface area contributed by atoms with Crippen LogP contribution in [0.1, 0.15) is 26.3 Å². The Balaban J connectivity index is 1.96. The van der Waals surface area contributed by atoms with Gasteiger partial charge in [-0.15, -0.1) is 10.2 Å². The lowest BCUT2D eigenvalue weighted by Gasteiger charge is -2.27. The van der Waals surface area contributed by atoms with Crippen molar-refractivity contribution in [3.63, 3.8) is 0 Å². The lowest BCUT2D eigenvalue weighted by atomic mass is 9.90. The van der Waals surface area contributed by atoms with Crippen LogP contribution in [-0.4, -0.2) is 36.9 Å². The van der Waals surface area contributed by atoms with E-state index < -0.39 is 23.2 Å². The van der Waals surface area contributed by atoms with Gasteiger partial charge in [0.25, 0.3) is 0 Å². The van der Waals surface area contributed by atoms with Crippen LogP contribution in [0.25, 0.3) is 17.1 Å². The lowest BCUT2D eigenvalue weighted by molar-refractivity contribution is -0.137. The topological polar surface area (TPSA) is 96.5 Å². The molecule has 1 aromatic carbocycles. The minimum atomic E-state index is -4.52. The number of aromatic nitrogens is 4. The summed E-state index contributed by atoms with van der Waals surface area (Å²) < 4.78 is 41.4. The van der Waals surface area contributed by atoms with Gasteiger partial charge in [-0.05, 0) is 43.2 Å². The molecule has 1 atom stereocenters. The average molecular weight is 475 g/mol. The summed E-state index contributed by atoms with van der Waals surface area (Å²) in [5.74, 6) is -0.343. The number of carbonyl (C=O) groups excluding carboxylic acids is 1. The summed E-state index contributed by atoms with van der Waals surface area (Å²) in [7, 11) is 0. The van der Waals surface area contributed by atoms with Crippen molar-refractivity contribution < 1.29 is 18.0 Å². The molecule has 7 nitrogen and oxygen atoms in total. The number of rotatable bonds is 7. The summed E-state index contributed by atoms with van der Waals surface area (Å²) in [4.78, 5) is 16.5. The normalized spacial score (nSPS) is 13.4. The number of hydrogen-bond acceptors (Lipinski definition) is 6. The average Bonchev–Trinajstić information content (AvgIpc) is 3.21. The van der Waals surface area contributed by atoms with Gasteiger partial charge in [-0.2, -0.15) is 18.4 Å². The number of hydrogen-bond donors (Lipinski definition) is 1. The maximum absolute atomic E-state index is 13.3. The van der Waals surface area contributed by atoms with Crippen LogP contribution in [0.5, 0.6) is 0 Å². The van der Waals surface area contributed by atoms with Gasteiger partial charge in [0.2, 0.25) is 5.91 Å². The lowest BCUT2D eigenvalue weighted by Crippen LogP contribution is -2.49. The molecule has 0 aliphatic carbocycles. The number of pyridine rings is 1. The summed E-state index contributed by atoms with van der Waals surface area (Å²) >= 11 is 1.01. The Labute approximate surface area is 193 Å². The van der Waals surface area contributed by atoms with Crippen LogP contribution in [0.4, 0.5) is 13.2 Å². The van der Waals surface area contributed by atoms with E-state index in [9.17, 15) is 23.2 Å². The third-order valence-electron chi connectivity index (χ3n) is 5.10. The molecule has 0 spiro atoms. The van der Waals surface area contributed by atoms with Crippen LogP contribution in [0.15, 0.2) is 53.9 Å². The molecule has 3 rings (SSSR count). The molecule has 0 aliphatic heterocycles. The Morgan fingerprint density at radius 3 is 2.61 bits per heavy atom. The van der Waals surface area contributed by atoms with E-state index in [4.69, 9.17) is 0 Å².